The molecule has 0 amide bonds. The first kappa shape index (κ1) is 54.1. The highest BCUT2D eigenvalue weighted by Crippen LogP contribution is 2.59. The minimum absolute atomic E-state index is 0.0823. The summed E-state index contributed by atoms with van der Waals surface area (Å²) >= 11 is 0. The quantitative estimate of drug-likeness (QED) is 0.0709. The minimum atomic E-state index is -0.159. The fourth-order valence-corrected chi connectivity index (χ4v) is 14.8. The highest BCUT2D eigenvalue weighted by molar-refractivity contribution is 5.92. The Labute approximate surface area is 493 Å². The zero-order chi connectivity index (χ0) is 56.7. The summed E-state index contributed by atoms with van der Waals surface area (Å²) < 4.78 is 8.88. The summed E-state index contributed by atoms with van der Waals surface area (Å²) in [5, 5.41) is 4.01. The Bertz CT molecular complexity index is 3970. The summed E-state index contributed by atoms with van der Waals surface area (Å²) in [4.78, 5) is 2.48. The maximum absolute atomic E-state index is 6.33. The van der Waals surface area contributed by atoms with Crippen molar-refractivity contribution in [2.24, 2.45) is 23.2 Å². The van der Waals surface area contributed by atoms with E-state index >= 15 is 0 Å². The largest absolute Gasteiger partial charge is 0.494 e. The number of hydrogen-bond donors (Lipinski definition) is 0. The molecule has 3 heteroatoms. The van der Waals surface area contributed by atoms with Gasteiger partial charge in [0.15, 0.2) is 0 Å². The highest BCUT2D eigenvalue weighted by atomic mass is 16.5. The normalized spacial score (nSPS) is 22.4. The molecule has 0 saturated carbocycles. The van der Waals surface area contributed by atoms with Gasteiger partial charge in [-0.2, -0.15) is 0 Å². The SMILES string of the molecule is C=Cc1ccc(OCCCCC2(C3C=CC=CC3)C3=C(CCC=C3)c3ccc(N(c4ccccc4)c4ccc(-c5ccc6c(c5)c5c(n6C6=CCC(C)(c7ccc(C=C)cc7)C=C6)=CCC(C6=CCC(C(C)(C)C)CC6)C=5)cc4)cc32)cc1. The summed E-state index contributed by atoms with van der Waals surface area (Å²) in [6.45, 7) is 18.2. The van der Waals surface area contributed by atoms with Crippen LogP contribution in [0.1, 0.15) is 126 Å². The number of unbranched alkanes of at least 4 members (excludes halogenated alkanes) is 1. The van der Waals surface area contributed by atoms with Crippen LogP contribution in [0.15, 0.2) is 225 Å². The molecule has 6 aromatic carbocycles. The van der Waals surface area contributed by atoms with E-state index in [4.69, 9.17) is 4.74 Å². The topological polar surface area (TPSA) is 17.4 Å². The lowest BCUT2D eigenvalue weighted by Crippen LogP contribution is -2.35. The van der Waals surface area contributed by atoms with Gasteiger partial charge >= 0.3 is 0 Å². The third-order valence-corrected chi connectivity index (χ3v) is 19.7. The Morgan fingerprint density at radius 3 is 2.18 bits per heavy atom. The number of hydrogen-bond acceptors (Lipinski definition) is 2. The number of benzene rings is 6. The van der Waals surface area contributed by atoms with Crippen LogP contribution in [-0.2, 0) is 10.8 Å². The Balaban J connectivity index is 0.850. The number of para-hydroxylation sites is 1. The molecule has 6 aliphatic carbocycles. The smallest absolute Gasteiger partial charge is 0.119 e. The van der Waals surface area contributed by atoms with Crippen LogP contribution < -0.4 is 20.2 Å². The van der Waals surface area contributed by atoms with Crippen molar-refractivity contribution in [2.75, 3.05) is 11.5 Å². The average molecular weight is 1090 g/mol. The van der Waals surface area contributed by atoms with Gasteiger partial charge in [-0.05, 0) is 205 Å². The van der Waals surface area contributed by atoms with Crippen molar-refractivity contribution in [3.8, 4) is 16.9 Å². The number of rotatable bonds is 16. The van der Waals surface area contributed by atoms with Crippen LogP contribution in [0.2, 0.25) is 0 Å². The van der Waals surface area contributed by atoms with Crippen molar-refractivity contribution in [2.45, 2.75) is 109 Å². The van der Waals surface area contributed by atoms with Gasteiger partial charge in [-0.1, -0.05) is 204 Å². The van der Waals surface area contributed by atoms with Crippen molar-refractivity contribution < 1.29 is 4.74 Å². The molecule has 0 spiro atoms. The maximum atomic E-state index is 6.33. The van der Waals surface area contributed by atoms with Crippen molar-refractivity contribution in [3.05, 3.63) is 263 Å². The molecule has 5 unspecified atom stereocenters. The number of fused-ring (bicyclic) bond motifs is 5. The molecule has 1 aromatic heterocycles. The molecule has 6 aliphatic rings. The number of aromatic nitrogens is 1. The highest BCUT2D eigenvalue weighted by Gasteiger charge is 2.48. The monoisotopic (exact) mass is 1080 g/mol. The van der Waals surface area contributed by atoms with E-state index in [0.29, 0.717) is 23.9 Å². The van der Waals surface area contributed by atoms with Crippen LogP contribution >= 0.6 is 0 Å². The van der Waals surface area contributed by atoms with E-state index in [1.54, 1.807) is 5.57 Å². The second-order valence-electron chi connectivity index (χ2n) is 25.6. The van der Waals surface area contributed by atoms with Crippen molar-refractivity contribution in [1.82, 2.24) is 4.57 Å². The Kier molecular flexibility index (Phi) is 14.7. The molecule has 0 N–H and O–H groups in total. The van der Waals surface area contributed by atoms with Crippen LogP contribution in [0.5, 0.6) is 5.75 Å². The van der Waals surface area contributed by atoms with E-state index in [1.165, 1.54) is 91.1 Å². The second-order valence-corrected chi connectivity index (χ2v) is 25.6. The van der Waals surface area contributed by atoms with Gasteiger partial charge in [0, 0.05) is 55.5 Å². The molecule has 7 aromatic rings. The van der Waals surface area contributed by atoms with Crippen LogP contribution in [0, 0.1) is 23.2 Å². The molecule has 83 heavy (non-hydrogen) atoms. The molecule has 0 saturated heterocycles. The molecule has 416 valence electrons. The van der Waals surface area contributed by atoms with Gasteiger partial charge in [0.2, 0.25) is 0 Å². The molecule has 1 heterocycles. The zero-order valence-corrected chi connectivity index (χ0v) is 49.3. The third-order valence-electron chi connectivity index (χ3n) is 19.7. The average Bonchev–Trinajstić information content (AvgIpc) is 1.92. The van der Waals surface area contributed by atoms with Gasteiger partial charge in [0.05, 0.1) is 12.1 Å². The number of nitrogens with zero attached hydrogens (tertiary/aromatic N) is 2. The van der Waals surface area contributed by atoms with E-state index < -0.39 is 0 Å². The first-order valence-electron chi connectivity index (χ1n) is 30.9. The first-order chi connectivity index (χ1) is 40.5. The molecule has 0 radical (unpaired) electrons. The number of ether oxygens (including phenoxy) is 1. The molecule has 13 rings (SSSR count). The molecular formula is C80H80N2O. The van der Waals surface area contributed by atoms with Gasteiger partial charge in [-0.25, -0.2) is 0 Å². The molecule has 0 bridgehead atoms. The van der Waals surface area contributed by atoms with E-state index in [1.807, 2.05) is 12.2 Å². The second kappa shape index (κ2) is 22.6. The zero-order valence-electron chi connectivity index (χ0n) is 49.3. The maximum Gasteiger partial charge on any atom is 0.119 e. The molecule has 0 aliphatic heterocycles. The van der Waals surface area contributed by atoms with Gasteiger partial charge in [-0.15, -0.1) is 0 Å². The van der Waals surface area contributed by atoms with Crippen LogP contribution in [0.4, 0.5) is 17.1 Å². The van der Waals surface area contributed by atoms with Gasteiger partial charge in [0.25, 0.3) is 0 Å². The molecule has 3 nitrogen and oxygen atoms in total. The molecule has 5 atom stereocenters. The van der Waals surface area contributed by atoms with Crippen molar-refractivity contribution in [1.29, 1.82) is 0 Å². The van der Waals surface area contributed by atoms with Gasteiger partial charge in [-0.3, -0.25) is 0 Å². The standard InChI is InChI=1S/C80H80N2O/c1-7-56-25-35-63(36-26-56)79(6)50-47-67(48-51-79)82-76-45-33-60(58-29-37-62(38-30-58)78(3,4)5)53-72(76)73-54-61(34-46-77(73)82)59-31-39-66(40-32-59)81(65-21-13-10-14-22-65)68-41-44-71-70-23-15-16-24-74(70)80(75(71)55-68,64-19-11-9-12-20-64)49-17-18-52-83-69-42-27-57(8-2)28-43-69/h7-14,16,19,21-22,24-29,31-32,34-36,39-48,50,53-55,60,62,64H,1-2,15,17-18,20,23,30,33,37-38,49,51-52H2,3-6H3. The molecular weight excluding hydrogens is 1000 g/mol. The third kappa shape index (κ3) is 10.3. The van der Waals surface area contributed by atoms with Crippen molar-refractivity contribution >= 4 is 63.5 Å². The summed E-state index contributed by atoms with van der Waals surface area (Å²) in [6, 6.07) is 52.2. The van der Waals surface area contributed by atoms with Gasteiger partial charge < -0.3 is 14.2 Å². The Morgan fingerprint density at radius 2 is 1.47 bits per heavy atom. The molecule has 0 fully saturated rings. The van der Waals surface area contributed by atoms with E-state index in [9.17, 15) is 0 Å². The first-order valence-corrected chi connectivity index (χ1v) is 30.9. The van der Waals surface area contributed by atoms with Crippen LogP contribution in [-0.4, -0.2) is 11.2 Å². The van der Waals surface area contributed by atoms with Crippen molar-refractivity contribution in [3.63, 3.8) is 0 Å². The summed E-state index contributed by atoms with van der Waals surface area (Å²) in [7, 11) is 0. The Morgan fingerprint density at radius 1 is 0.711 bits per heavy atom. The number of allylic oxidation sites excluding steroid dienone is 14. The lowest BCUT2D eigenvalue weighted by atomic mass is 9.62. The van der Waals surface area contributed by atoms with E-state index in [-0.39, 0.29) is 10.8 Å². The van der Waals surface area contributed by atoms with E-state index in [0.717, 1.165) is 85.5 Å². The summed E-state index contributed by atoms with van der Waals surface area (Å²) in [5.74, 6) is 2.41. The van der Waals surface area contributed by atoms with Crippen LogP contribution in [0.25, 0.3) is 57.6 Å². The minimum Gasteiger partial charge on any atom is -0.494 e. The predicted octanol–water partition coefficient (Wildman–Crippen LogP) is 19.9. The van der Waals surface area contributed by atoms with Crippen LogP contribution in [0.3, 0.4) is 0 Å². The fraction of sp³-hybridized carbons (Fsp3) is 0.275. The summed E-state index contributed by atoms with van der Waals surface area (Å²) in [5.41, 5.74) is 19.7. The van der Waals surface area contributed by atoms with Gasteiger partial charge in [0.1, 0.15) is 5.75 Å². The number of anilines is 3. The van der Waals surface area contributed by atoms with E-state index in [2.05, 4.69) is 263 Å². The predicted molar refractivity (Wildman–Crippen MR) is 354 cm³/mol. The lowest BCUT2D eigenvalue weighted by Gasteiger charge is -2.41. The fourth-order valence-electron chi connectivity index (χ4n) is 14.8. The lowest BCUT2D eigenvalue weighted by molar-refractivity contribution is 0.219. The Hall–Kier alpha value is -8.14. The summed E-state index contributed by atoms with van der Waals surface area (Å²) in [6.07, 6.45) is 45.1.